The lowest BCUT2D eigenvalue weighted by atomic mass is 10.3. The number of nitrogens with two attached hydrogens (primary N) is 1. The number of Topliss-reactive ketones (excluding diaryl/α,β-unsaturated/α-hetero) is 1. The quantitative estimate of drug-likeness (QED) is 0.739. The predicted octanol–water partition coefficient (Wildman–Crippen LogP) is -0.102. The van der Waals surface area contributed by atoms with Crippen molar-refractivity contribution in [2.45, 2.75) is 19.1 Å². The number of ketones is 1. The van der Waals surface area contributed by atoms with Crippen molar-refractivity contribution < 1.29 is 22.8 Å². The highest BCUT2D eigenvalue weighted by molar-refractivity contribution is 5.98. The van der Waals surface area contributed by atoms with Crippen LogP contribution >= 0.6 is 0 Å². The van der Waals surface area contributed by atoms with E-state index in [1.807, 2.05) is 0 Å². The molecule has 0 aliphatic heterocycles. The molecule has 1 rings (SSSR count). The molecule has 1 aromatic heterocycles. The Morgan fingerprint density at radius 3 is 2.56 bits per heavy atom. The summed E-state index contributed by atoms with van der Waals surface area (Å²) in [7, 11) is 0. The Morgan fingerprint density at radius 2 is 2.06 bits per heavy atom. The summed E-state index contributed by atoms with van der Waals surface area (Å²) in [6.07, 6.45) is -4.26. The third-order valence-corrected chi connectivity index (χ3v) is 1.62. The van der Waals surface area contributed by atoms with Gasteiger partial charge < -0.3 is 5.73 Å². The molecule has 9 heteroatoms. The van der Waals surface area contributed by atoms with E-state index in [0.717, 1.165) is 10.9 Å². The van der Waals surface area contributed by atoms with Gasteiger partial charge in [0.05, 0.1) is 12.7 Å². The Bertz CT molecular complexity index is 412. The van der Waals surface area contributed by atoms with E-state index in [1.54, 1.807) is 0 Å². The van der Waals surface area contributed by atoms with Crippen LogP contribution < -0.4 is 5.73 Å². The topological polar surface area (TPSA) is 90.9 Å². The fourth-order valence-electron chi connectivity index (χ4n) is 0.882. The minimum atomic E-state index is -4.98. The lowest BCUT2D eigenvalue weighted by Crippen LogP contribution is -2.23. The number of rotatable bonds is 4. The van der Waals surface area contributed by atoms with Gasteiger partial charge in [-0.1, -0.05) is 5.21 Å². The van der Waals surface area contributed by atoms with Gasteiger partial charge in [-0.15, -0.1) is 5.10 Å². The summed E-state index contributed by atoms with van der Waals surface area (Å²) in [5.41, 5.74) is 4.02. The summed E-state index contributed by atoms with van der Waals surface area (Å²) in [4.78, 5) is 21.1. The highest BCUT2D eigenvalue weighted by atomic mass is 19.4. The first-order chi connectivity index (χ1) is 7.30. The number of hydrogen-bond donors (Lipinski definition) is 1. The van der Waals surface area contributed by atoms with Crippen molar-refractivity contribution in [3.63, 3.8) is 0 Å². The Kier molecular flexibility index (Phi) is 3.25. The average Bonchev–Trinajstić information content (AvgIpc) is 2.60. The van der Waals surface area contributed by atoms with Gasteiger partial charge in [0.15, 0.2) is 5.69 Å². The van der Waals surface area contributed by atoms with E-state index in [4.69, 9.17) is 5.73 Å². The number of amides is 1. The smallest absolute Gasteiger partial charge is 0.370 e. The zero-order valence-electron chi connectivity index (χ0n) is 7.86. The van der Waals surface area contributed by atoms with Crippen molar-refractivity contribution in [3.05, 3.63) is 11.9 Å². The summed E-state index contributed by atoms with van der Waals surface area (Å²) < 4.78 is 36.8. The number of aromatic nitrogens is 3. The molecule has 1 heterocycles. The molecular weight excluding hydrogens is 229 g/mol. The van der Waals surface area contributed by atoms with Crippen molar-refractivity contribution in [1.82, 2.24) is 15.0 Å². The van der Waals surface area contributed by atoms with Crippen LogP contribution in [0.2, 0.25) is 0 Å². The third-order valence-electron chi connectivity index (χ3n) is 1.62. The van der Waals surface area contributed by atoms with Crippen LogP contribution in [0, 0.1) is 0 Å². The van der Waals surface area contributed by atoms with Crippen LogP contribution in [0.15, 0.2) is 6.20 Å². The lowest BCUT2D eigenvalue weighted by Gasteiger charge is -2.00. The molecule has 0 spiro atoms. The first kappa shape index (κ1) is 12.1. The van der Waals surface area contributed by atoms with Gasteiger partial charge in [0.25, 0.3) is 5.78 Å². The van der Waals surface area contributed by atoms with E-state index >= 15 is 0 Å². The number of carbonyl (C=O) groups excluding carboxylic acids is 2. The molecule has 1 amide bonds. The minimum absolute atomic E-state index is 0.0204. The van der Waals surface area contributed by atoms with Crippen LogP contribution in [0.25, 0.3) is 0 Å². The maximum Gasteiger partial charge on any atom is 0.456 e. The maximum absolute atomic E-state index is 12.0. The van der Waals surface area contributed by atoms with E-state index in [1.165, 1.54) is 0 Å². The molecule has 0 aliphatic rings. The fourth-order valence-corrected chi connectivity index (χ4v) is 0.882. The highest BCUT2D eigenvalue weighted by Crippen LogP contribution is 2.19. The van der Waals surface area contributed by atoms with Gasteiger partial charge in [0.2, 0.25) is 5.91 Å². The van der Waals surface area contributed by atoms with Crippen molar-refractivity contribution in [2.75, 3.05) is 0 Å². The van der Waals surface area contributed by atoms with Crippen LogP contribution in [0.5, 0.6) is 0 Å². The standard InChI is InChI=1S/C7H7F3N4O2/c8-7(9,10)6(16)4-3-14(13-12-4)2-1-5(11)15/h3H,1-2H2,(H2,11,15). The van der Waals surface area contributed by atoms with Crippen LogP contribution in [0.4, 0.5) is 13.2 Å². The van der Waals surface area contributed by atoms with E-state index < -0.39 is 23.6 Å². The van der Waals surface area contributed by atoms with Gasteiger partial charge >= 0.3 is 6.18 Å². The number of alkyl halides is 3. The van der Waals surface area contributed by atoms with Crippen LogP contribution in [-0.2, 0) is 11.3 Å². The summed E-state index contributed by atoms with van der Waals surface area (Å²) in [5.74, 6) is -2.70. The van der Waals surface area contributed by atoms with Crippen molar-refractivity contribution in [3.8, 4) is 0 Å². The lowest BCUT2D eigenvalue weighted by molar-refractivity contribution is -0.118. The average molecular weight is 236 g/mol. The molecule has 0 saturated heterocycles. The van der Waals surface area contributed by atoms with Gasteiger partial charge in [0, 0.05) is 6.42 Å². The van der Waals surface area contributed by atoms with Gasteiger partial charge in [-0.05, 0) is 0 Å². The first-order valence-corrected chi connectivity index (χ1v) is 4.10. The number of nitrogens with zero attached hydrogens (tertiary/aromatic N) is 3. The SMILES string of the molecule is NC(=O)CCn1cc(C(=O)C(F)(F)F)nn1. The molecule has 16 heavy (non-hydrogen) atoms. The largest absolute Gasteiger partial charge is 0.456 e. The summed E-state index contributed by atoms with van der Waals surface area (Å²) >= 11 is 0. The molecule has 6 nitrogen and oxygen atoms in total. The number of carbonyl (C=O) groups is 2. The molecular formula is C7H7F3N4O2. The molecule has 0 fully saturated rings. The van der Waals surface area contributed by atoms with Gasteiger partial charge in [0.1, 0.15) is 0 Å². The molecule has 0 bridgehead atoms. The maximum atomic E-state index is 12.0. The zero-order chi connectivity index (χ0) is 12.3. The molecule has 0 radical (unpaired) electrons. The molecule has 1 aromatic rings. The molecule has 88 valence electrons. The Balaban J connectivity index is 2.72. The summed E-state index contributed by atoms with van der Waals surface area (Å²) in [6.45, 7) is -0.0204. The predicted molar refractivity (Wildman–Crippen MR) is 44.2 cm³/mol. The van der Waals surface area contributed by atoms with Gasteiger partial charge in [-0.25, -0.2) is 0 Å². The first-order valence-electron chi connectivity index (χ1n) is 4.10. The summed E-state index contributed by atoms with van der Waals surface area (Å²) in [6, 6.07) is 0. The fraction of sp³-hybridized carbons (Fsp3) is 0.429. The van der Waals surface area contributed by atoms with E-state index in [-0.39, 0.29) is 13.0 Å². The zero-order valence-corrected chi connectivity index (χ0v) is 7.86. The molecule has 0 atom stereocenters. The number of aryl methyl sites for hydroxylation is 1. The molecule has 0 aliphatic carbocycles. The van der Waals surface area contributed by atoms with Gasteiger partial charge in [-0.3, -0.25) is 14.3 Å². The van der Waals surface area contributed by atoms with Gasteiger partial charge in [-0.2, -0.15) is 13.2 Å². The van der Waals surface area contributed by atoms with Crippen LogP contribution in [-0.4, -0.2) is 32.9 Å². The number of hydrogen-bond acceptors (Lipinski definition) is 4. The monoisotopic (exact) mass is 236 g/mol. The number of halogens is 3. The highest BCUT2D eigenvalue weighted by Gasteiger charge is 2.41. The second-order valence-electron chi connectivity index (χ2n) is 2.91. The molecule has 0 unspecified atom stereocenters. The van der Waals surface area contributed by atoms with E-state index in [0.29, 0.717) is 0 Å². The number of primary amides is 1. The van der Waals surface area contributed by atoms with Crippen molar-refractivity contribution in [2.24, 2.45) is 5.73 Å². The Morgan fingerprint density at radius 1 is 1.44 bits per heavy atom. The van der Waals surface area contributed by atoms with E-state index in [2.05, 4.69) is 10.3 Å². The Labute approximate surface area is 87.2 Å². The van der Waals surface area contributed by atoms with Crippen LogP contribution in [0.1, 0.15) is 16.9 Å². The minimum Gasteiger partial charge on any atom is -0.370 e. The third kappa shape index (κ3) is 3.04. The second-order valence-corrected chi connectivity index (χ2v) is 2.91. The molecule has 2 N–H and O–H groups in total. The molecule has 0 saturated carbocycles. The second kappa shape index (κ2) is 4.29. The molecule has 0 aromatic carbocycles. The van der Waals surface area contributed by atoms with E-state index in [9.17, 15) is 22.8 Å². The normalized spacial score (nSPS) is 11.4. The Hall–Kier alpha value is -1.93. The summed E-state index contributed by atoms with van der Waals surface area (Å²) in [5, 5.41) is 6.31. The van der Waals surface area contributed by atoms with Crippen molar-refractivity contribution >= 4 is 11.7 Å². The van der Waals surface area contributed by atoms with Crippen LogP contribution in [0.3, 0.4) is 0 Å². The van der Waals surface area contributed by atoms with Crippen molar-refractivity contribution in [1.29, 1.82) is 0 Å².